The highest BCUT2D eigenvalue weighted by Gasteiger charge is 2.25. The maximum absolute atomic E-state index is 6.07. The molecule has 1 aliphatic heterocycles. The van der Waals surface area contributed by atoms with Crippen molar-refractivity contribution in [1.82, 2.24) is 25.1 Å². The summed E-state index contributed by atoms with van der Waals surface area (Å²) in [5.41, 5.74) is 6.07. The van der Waals surface area contributed by atoms with Crippen LogP contribution in [0.5, 0.6) is 0 Å². The number of likely N-dealkylation sites (tertiary alicyclic amines) is 1. The standard InChI is InChI=1S/C10H20N6/c1-3-8-6-16(5-4-9(8)11)7-10-12-14-15(2)13-10/h8-9H,3-7,11H2,1-2H3. The summed E-state index contributed by atoms with van der Waals surface area (Å²) in [6, 6.07) is 0.357. The van der Waals surface area contributed by atoms with Crippen LogP contribution in [-0.2, 0) is 13.6 Å². The molecule has 1 saturated heterocycles. The number of piperidine rings is 1. The minimum absolute atomic E-state index is 0.357. The third-order valence-electron chi connectivity index (χ3n) is 3.32. The van der Waals surface area contributed by atoms with Gasteiger partial charge in [-0.25, -0.2) is 0 Å². The number of hydrogen-bond acceptors (Lipinski definition) is 5. The normalized spacial score (nSPS) is 27.2. The lowest BCUT2D eigenvalue weighted by Crippen LogP contribution is -2.46. The number of tetrazole rings is 1. The molecule has 0 aliphatic carbocycles. The molecule has 1 aromatic heterocycles. The zero-order valence-corrected chi connectivity index (χ0v) is 10.0. The van der Waals surface area contributed by atoms with E-state index in [9.17, 15) is 0 Å². The van der Waals surface area contributed by atoms with Crippen molar-refractivity contribution in [3.05, 3.63) is 5.82 Å². The molecule has 16 heavy (non-hydrogen) atoms. The van der Waals surface area contributed by atoms with E-state index >= 15 is 0 Å². The Morgan fingerprint density at radius 3 is 2.94 bits per heavy atom. The Hall–Kier alpha value is -1.01. The molecular formula is C10H20N6. The van der Waals surface area contributed by atoms with Gasteiger partial charge in [0.05, 0.1) is 13.6 Å². The van der Waals surface area contributed by atoms with Crippen molar-refractivity contribution in [2.24, 2.45) is 18.7 Å². The lowest BCUT2D eigenvalue weighted by atomic mass is 9.91. The number of nitrogens with two attached hydrogens (primary N) is 1. The summed E-state index contributed by atoms with van der Waals surface area (Å²) in [7, 11) is 1.79. The Kier molecular flexibility index (Phi) is 3.50. The van der Waals surface area contributed by atoms with Gasteiger partial charge >= 0.3 is 0 Å². The fourth-order valence-corrected chi connectivity index (χ4v) is 2.29. The van der Waals surface area contributed by atoms with Crippen LogP contribution in [0.25, 0.3) is 0 Å². The van der Waals surface area contributed by atoms with E-state index in [1.807, 2.05) is 0 Å². The lowest BCUT2D eigenvalue weighted by Gasteiger charge is -2.35. The van der Waals surface area contributed by atoms with Crippen LogP contribution in [0, 0.1) is 5.92 Å². The first-order chi connectivity index (χ1) is 7.69. The number of rotatable bonds is 3. The zero-order valence-electron chi connectivity index (χ0n) is 10.0. The van der Waals surface area contributed by atoms with E-state index in [-0.39, 0.29) is 0 Å². The van der Waals surface area contributed by atoms with Gasteiger partial charge in [0.1, 0.15) is 0 Å². The van der Waals surface area contributed by atoms with Crippen LogP contribution in [0.3, 0.4) is 0 Å². The lowest BCUT2D eigenvalue weighted by molar-refractivity contribution is 0.142. The average molecular weight is 224 g/mol. The molecule has 90 valence electrons. The Balaban J connectivity index is 1.91. The van der Waals surface area contributed by atoms with Gasteiger partial charge in [0.2, 0.25) is 0 Å². The highest BCUT2D eigenvalue weighted by Crippen LogP contribution is 2.19. The van der Waals surface area contributed by atoms with Crippen molar-refractivity contribution in [1.29, 1.82) is 0 Å². The van der Waals surface area contributed by atoms with Crippen molar-refractivity contribution in [3.8, 4) is 0 Å². The van der Waals surface area contributed by atoms with Crippen molar-refractivity contribution in [2.75, 3.05) is 13.1 Å². The molecule has 2 unspecified atom stereocenters. The van der Waals surface area contributed by atoms with E-state index in [1.165, 1.54) is 4.80 Å². The zero-order chi connectivity index (χ0) is 11.5. The van der Waals surface area contributed by atoms with Crippen LogP contribution in [0.1, 0.15) is 25.6 Å². The van der Waals surface area contributed by atoms with Gasteiger partial charge in [-0.1, -0.05) is 13.3 Å². The van der Waals surface area contributed by atoms with Crippen molar-refractivity contribution < 1.29 is 0 Å². The van der Waals surface area contributed by atoms with Gasteiger partial charge in [0.25, 0.3) is 0 Å². The maximum Gasteiger partial charge on any atom is 0.188 e. The van der Waals surface area contributed by atoms with E-state index < -0.39 is 0 Å². The molecule has 6 nitrogen and oxygen atoms in total. The number of aryl methyl sites for hydroxylation is 1. The molecule has 0 bridgehead atoms. The van der Waals surface area contributed by atoms with E-state index in [1.54, 1.807) is 7.05 Å². The highest BCUT2D eigenvalue weighted by molar-refractivity contribution is 4.85. The Morgan fingerprint density at radius 2 is 2.31 bits per heavy atom. The quantitative estimate of drug-likeness (QED) is 0.767. The summed E-state index contributed by atoms with van der Waals surface area (Å²) in [6.07, 6.45) is 2.21. The van der Waals surface area contributed by atoms with Crippen LogP contribution in [0.4, 0.5) is 0 Å². The Labute approximate surface area is 95.8 Å². The molecule has 0 amide bonds. The average Bonchev–Trinajstić information content (AvgIpc) is 2.67. The maximum atomic E-state index is 6.07. The fourth-order valence-electron chi connectivity index (χ4n) is 2.29. The summed E-state index contributed by atoms with van der Waals surface area (Å²) < 4.78 is 0. The van der Waals surface area contributed by atoms with Gasteiger partial charge in [-0.2, -0.15) is 4.80 Å². The summed E-state index contributed by atoms with van der Waals surface area (Å²) in [4.78, 5) is 3.87. The summed E-state index contributed by atoms with van der Waals surface area (Å²) in [5.74, 6) is 1.40. The van der Waals surface area contributed by atoms with Crippen LogP contribution in [0.15, 0.2) is 0 Å². The number of aromatic nitrogens is 4. The second-order valence-electron chi connectivity index (χ2n) is 4.55. The molecule has 1 fully saturated rings. The van der Waals surface area contributed by atoms with Crippen LogP contribution in [0.2, 0.25) is 0 Å². The molecule has 1 aliphatic rings. The second-order valence-corrected chi connectivity index (χ2v) is 4.55. The van der Waals surface area contributed by atoms with Gasteiger partial charge in [0, 0.05) is 19.1 Å². The van der Waals surface area contributed by atoms with Crippen molar-refractivity contribution >= 4 is 0 Å². The van der Waals surface area contributed by atoms with E-state index in [0.29, 0.717) is 12.0 Å². The second kappa shape index (κ2) is 4.88. The minimum atomic E-state index is 0.357. The van der Waals surface area contributed by atoms with Gasteiger partial charge in [-0.15, -0.1) is 10.2 Å². The minimum Gasteiger partial charge on any atom is -0.327 e. The molecule has 6 heteroatoms. The SMILES string of the molecule is CCC1CN(Cc2nnn(C)n2)CCC1N. The van der Waals surface area contributed by atoms with Gasteiger partial charge in [-0.05, 0) is 17.6 Å². The van der Waals surface area contributed by atoms with Crippen LogP contribution < -0.4 is 5.73 Å². The molecule has 0 radical (unpaired) electrons. The first-order valence-corrected chi connectivity index (χ1v) is 5.90. The predicted octanol–water partition coefficient (Wildman–Crippen LogP) is -0.231. The number of nitrogens with zero attached hydrogens (tertiary/aromatic N) is 5. The molecule has 0 aromatic carbocycles. The largest absolute Gasteiger partial charge is 0.327 e. The Bertz CT molecular complexity index is 336. The molecule has 0 saturated carbocycles. The smallest absolute Gasteiger partial charge is 0.188 e. The summed E-state index contributed by atoms with van der Waals surface area (Å²) in [6.45, 7) is 5.08. The topological polar surface area (TPSA) is 72.9 Å². The van der Waals surface area contributed by atoms with E-state index in [2.05, 4.69) is 27.2 Å². The monoisotopic (exact) mass is 224 g/mol. The first-order valence-electron chi connectivity index (χ1n) is 5.90. The summed E-state index contributed by atoms with van der Waals surface area (Å²) in [5, 5.41) is 12.0. The molecule has 0 spiro atoms. The third kappa shape index (κ3) is 2.56. The molecular weight excluding hydrogens is 204 g/mol. The number of hydrogen-bond donors (Lipinski definition) is 1. The predicted molar refractivity (Wildman–Crippen MR) is 60.4 cm³/mol. The van der Waals surface area contributed by atoms with Gasteiger partial charge < -0.3 is 5.73 Å². The van der Waals surface area contributed by atoms with Crippen molar-refractivity contribution in [3.63, 3.8) is 0 Å². The van der Waals surface area contributed by atoms with Gasteiger partial charge in [-0.3, -0.25) is 4.90 Å². The van der Waals surface area contributed by atoms with Crippen LogP contribution >= 0.6 is 0 Å². The Morgan fingerprint density at radius 1 is 1.50 bits per heavy atom. The van der Waals surface area contributed by atoms with Gasteiger partial charge in [0.15, 0.2) is 5.82 Å². The van der Waals surface area contributed by atoms with E-state index in [0.717, 1.165) is 38.3 Å². The highest BCUT2D eigenvalue weighted by atomic mass is 15.6. The molecule has 2 N–H and O–H groups in total. The molecule has 2 heterocycles. The van der Waals surface area contributed by atoms with Crippen LogP contribution in [-0.4, -0.2) is 44.2 Å². The molecule has 1 aromatic rings. The third-order valence-corrected chi connectivity index (χ3v) is 3.32. The fraction of sp³-hybridized carbons (Fsp3) is 0.900. The van der Waals surface area contributed by atoms with E-state index in [4.69, 9.17) is 5.73 Å². The first kappa shape index (κ1) is 11.5. The van der Waals surface area contributed by atoms with Crippen molar-refractivity contribution in [2.45, 2.75) is 32.4 Å². The summed E-state index contributed by atoms with van der Waals surface area (Å²) >= 11 is 0. The molecule has 2 atom stereocenters. The molecule has 2 rings (SSSR count).